The van der Waals surface area contributed by atoms with Crippen LogP contribution in [0.4, 0.5) is 8.78 Å². The van der Waals surface area contributed by atoms with Crippen LogP contribution in [0.25, 0.3) is 0 Å². The number of nitrogens with zero attached hydrogens (tertiary/aromatic N) is 1. The van der Waals surface area contributed by atoms with Gasteiger partial charge >= 0.3 is 0 Å². The van der Waals surface area contributed by atoms with Crippen molar-refractivity contribution in [3.63, 3.8) is 0 Å². The summed E-state index contributed by atoms with van der Waals surface area (Å²) < 4.78 is 27.1. The number of likely N-dealkylation sites (tertiary alicyclic amines) is 1. The third kappa shape index (κ3) is 3.46. The molecular weight excluding hydrogens is 286 g/mol. The van der Waals surface area contributed by atoms with Crippen LogP contribution in [0.3, 0.4) is 0 Å². The summed E-state index contributed by atoms with van der Waals surface area (Å²) in [6.07, 6.45) is 4.43. The maximum atomic E-state index is 13.8. The van der Waals surface area contributed by atoms with Gasteiger partial charge in [-0.05, 0) is 56.7 Å². The Morgan fingerprint density at radius 3 is 2.50 bits per heavy atom. The summed E-state index contributed by atoms with van der Waals surface area (Å²) in [5, 5.41) is 3.55. The fraction of sp³-hybridized carbons (Fsp3) is 0.588. The van der Waals surface area contributed by atoms with Gasteiger partial charge in [0.2, 0.25) is 0 Å². The summed E-state index contributed by atoms with van der Waals surface area (Å²) in [4.78, 5) is 14.1. The molecule has 2 fully saturated rings. The Labute approximate surface area is 129 Å². The lowest BCUT2D eigenvalue weighted by atomic mass is 10.0. The van der Waals surface area contributed by atoms with Crippen LogP contribution in [0.15, 0.2) is 12.1 Å². The van der Waals surface area contributed by atoms with Gasteiger partial charge in [0.05, 0.1) is 5.56 Å². The highest BCUT2D eigenvalue weighted by Crippen LogP contribution is 2.28. The van der Waals surface area contributed by atoms with Gasteiger partial charge in [0.25, 0.3) is 5.91 Å². The Balaban J connectivity index is 1.58. The van der Waals surface area contributed by atoms with Crippen LogP contribution in [-0.4, -0.2) is 36.5 Å². The monoisotopic (exact) mass is 308 g/mol. The number of carbonyl (C=O) groups is 1. The van der Waals surface area contributed by atoms with E-state index in [4.69, 9.17) is 0 Å². The minimum absolute atomic E-state index is 0.0247. The van der Waals surface area contributed by atoms with E-state index in [1.807, 2.05) is 0 Å². The molecular formula is C17H22F2N2O. The average molecular weight is 308 g/mol. The van der Waals surface area contributed by atoms with Crippen LogP contribution in [0.2, 0.25) is 0 Å². The number of piperidine rings is 1. The number of aryl methyl sites for hydroxylation is 1. The molecule has 0 spiro atoms. The first kappa shape index (κ1) is 15.4. The van der Waals surface area contributed by atoms with Crippen molar-refractivity contribution in [2.75, 3.05) is 19.6 Å². The van der Waals surface area contributed by atoms with Crippen LogP contribution >= 0.6 is 0 Å². The molecule has 1 amide bonds. The smallest absolute Gasteiger partial charge is 0.256 e. The molecule has 22 heavy (non-hydrogen) atoms. The lowest BCUT2D eigenvalue weighted by Crippen LogP contribution is -2.45. The molecule has 1 aliphatic carbocycles. The van der Waals surface area contributed by atoms with Crippen LogP contribution < -0.4 is 5.32 Å². The molecule has 1 aromatic carbocycles. The highest BCUT2D eigenvalue weighted by atomic mass is 19.1. The fourth-order valence-corrected chi connectivity index (χ4v) is 2.93. The molecule has 1 aromatic rings. The predicted molar refractivity (Wildman–Crippen MR) is 80.7 cm³/mol. The molecule has 0 atom stereocenters. The molecule has 0 unspecified atom stereocenters. The molecule has 0 radical (unpaired) electrons. The number of amides is 1. The van der Waals surface area contributed by atoms with Crippen molar-refractivity contribution in [1.29, 1.82) is 0 Å². The average Bonchev–Trinajstić information content (AvgIpc) is 3.33. The van der Waals surface area contributed by atoms with Gasteiger partial charge in [0, 0.05) is 25.2 Å². The van der Waals surface area contributed by atoms with Crippen molar-refractivity contribution >= 4 is 5.91 Å². The first-order chi connectivity index (χ1) is 10.5. The molecule has 1 aliphatic heterocycles. The van der Waals surface area contributed by atoms with Crippen LogP contribution in [0.5, 0.6) is 0 Å². The van der Waals surface area contributed by atoms with Gasteiger partial charge in [-0.2, -0.15) is 0 Å². The summed E-state index contributed by atoms with van der Waals surface area (Å²) in [6.45, 7) is 3.86. The second-order valence-electron chi connectivity index (χ2n) is 6.50. The zero-order chi connectivity index (χ0) is 15.7. The quantitative estimate of drug-likeness (QED) is 0.927. The number of halogens is 2. The lowest BCUT2D eigenvalue weighted by molar-refractivity contribution is 0.0700. The summed E-state index contributed by atoms with van der Waals surface area (Å²) in [5.74, 6) is -0.878. The standard InChI is InChI=1S/C17H22F2N2O/c1-11-8-14(16(19)9-15(11)18)17(22)21-6-4-13(5-7-21)20-10-12-2-3-12/h8-9,12-13,20H,2-7,10H2,1H3. The summed E-state index contributed by atoms with van der Waals surface area (Å²) >= 11 is 0. The predicted octanol–water partition coefficient (Wildman–Crippen LogP) is 2.88. The normalized spacial score (nSPS) is 19.5. The second kappa shape index (κ2) is 6.32. The van der Waals surface area contributed by atoms with Crippen molar-refractivity contribution in [3.05, 3.63) is 34.9 Å². The van der Waals surface area contributed by atoms with Gasteiger partial charge in [-0.15, -0.1) is 0 Å². The van der Waals surface area contributed by atoms with Gasteiger partial charge < -0.3 is 10.2 Å². The van der Waals surface area contributed by atoms with Crippen molar-refractivity contribution in [3.8, 4) is 0 Å². The Morgan fingerprint density at radius 1 is 1.18 bits per heavy atom. The number of benzene rings is 1. The SMILES string of the molecule is Cc1cc(C(=O)N2CCC(NCC3CC3)CC2)c(F)cc1F. The van der Waals surface area contributed by atoms with Gasteiger partial charge in [0.15, 0.2) is 0 Å². The Morgan fingerprint density at radius 2 is 1.86 bits per heavy atom. The third-order valence-electron chi connectivity index (χ3n) is 4.65. The van der Waals surface area contributed by atoms with Crippen molar-refractivity contribution in [2.45, 2.75) is 38.6 Å². The molecule has 1 heterocycles. The molecule has 3 rings (SSSR count). The number of rotatable bonds is 4. The Bertz CT molecular complexity index is 564. The van der Waals surface area contributed by atoms with E-state index >= 15 is 0 Å². The zero-order valence-electron chi connectivity index (χ0n) is 12.9. The van der Waals surface area contributed by atoms with Crippen LogP contribution in [0.1, 0.15) is 41.6 Å². The van der Waals surface area contributed by atoms with Gasteiger partial charge in [0.1, 0.15) is 11.6 Å². The topological polar surface area (TPSA) is 32.3 Å². The Hall–Kier alpha value is -1.49. The highest BCUT2D eigenvalue weighted by molar-refractivity contribution is 5.94. The first-order valence-electron chi connectivity index (χ1n) is 8.03. The second-order valence-corrected chi connectivity index (χ2v) is 6.50. The van der Waals surface area contributed by atoms with Crippen molar-refractivity contribution < 1.29 is 13.6 Å². The van der Waals surface area contributed by atoms with Gasteiger partial charge in [-0.3, -0.25) is 4.79 Å². The molecule has 3 nitrogen and oxygen atoms in total. The fourth-order valence-electron chi connectivity index (χ4n) is 2.93. The summed E-state index contributed by atoms with van der Waals surface area (Å²) in [5.41, 5.74) is 0.272. The van der Waals surface area contributed by atoms with E-state index in [1.165, 1.54) is 18.9 Å². The van der Waals surface area contributed by atoms with E-state index in [2.05, 4.69) is 5.32 Å². The van der Waals surface area contributed by atoms with E-state index < -0.39 is 11.6 Å². The van der Waals surface area contributed by atoms with Crippen molar-refractivity contribution in [1.82, 2.24) is 10.2 Å². The maximum Gasteiger partial charge on any atom is 0.256 e. The van der Waals surface area contributed by atoms with E-state index in [9.17, 15) is 13.6 Å². The molecule has 1 N–H and O–H groups in total. The van der Waals surface area contributed by atoms with Crippen LogP contribution in [0, 0.1) is 24.5 Å². The third-order valence-corrected chi connectivity index (χ3v) is 4.65. The molecule has 0 bridgehead atoms. The minimum atomic E-state index is -0.776. The molecule has 1 saturated carbocycles. The Kier molecular flexibility index (Phi) is 4.43. The van der Waals surface area contributed by atoms with E-state index in [0.717, 1.165) is 31.4 Å². The maximum absolute atomic E-state index is 13.8. The van der Waals surface area contributed by atoms with E-state index in [0.29, 0.717) is 24.7 Å². The lowest BCUT2D eigenvalue weighted by Gasteiger charge is -2.32. The first-order valence-corrected chi connectivity index (χ1v) is 8.03. The number of hydrogen-bond donors (Lipinski definition) is 1. The molecule has 0 aromatic heterocycles. The van der Waals surface area contributed by atoms with E-state index in [1.54, 1.807) is 11.8 Å². The largest absolute Gasteiger partial charge is 0.338 e. The number of nitrogens with one attached hydrogen (secondary N) is 1. The minimum Gasteiger partial charge on any atom is -0.338 e. The summed E-state index contributed by atoms with van der Waals surface area (Å²) in [6, 6.07) is 2.56. The van der Waals surface area contributed by atoms with Crippen LogP contribution in [-0.2, 0) is 0 Å². The molecule has 120 valence electrons. The summed E-state index contributed by atoms with van der Waals surface area (Å²) in [7, 11) is 0. The molecule has 5 heteroatoms. The zero-order valence-corrected chi connectivity index (χ0v) is 12.9. The van der Waals surface area contributed by atoms with Gasteiger partial charge in [-0.1, -0.05) is 0 Å². The van der Waals surface area contributed by atoms with Gasteiger partial charge in [-0.25, -0.2) is 8.78 Å². The highest BCUT2D eigenvalue weighted by Gasteiger charge is 2.27. The van der Waals surface area contributed by atoms with Crippen molar-refractivity contribution in [2.24, 2.45) is 5.92 Å². The number of hydrogen-bond acceptors (Lipinski definition) is 2. The molecule has 1 saturated heterocycles. The number of carbonyl (C=O) groups excluding carboxylic acids is 1. The van der Waals surface area contributed by atoms with E-state index in [-0.39, 0.29) is 11.5 Å². The molecule has 2 aliphatic rings.